The molecule has 2 rings (SSSR count). The summed E-state index contributed by atoms with van der Waals surface area (Å²) in [5.41, 5.74) is 1.32. The molecule has 0 bridgehead atoms. The van der Waals surface area contributed by atoms with E-state index in [2.05, 4.69) is 29.6 Å². The quantitative estimate of drug-likeness (QED) is 0.887. The lowest BCUT2D eigenvalue weighted by Crippen LogP contribution is -2.47. The molecule has 18 heavy (non-hydrogen) atoms. The fourth-order valence-corrected chi connectivity index (χ4v) is 2.69. The van der Waals surface area contributed by atoms with Crippen molar-refractivity contribution in [1.82, 2.24) is 10.2 Å². The van der Waals surface area contributed by atoms with E-state index in [1.54, 1.807) is 0 Å². The van der Waals surface area contributed by atoms with Crippen LogP contribution in [-0.4, -0.2) is 30.6 Å². The van der Waals surface area contributed by atoms with Crippen LogP contribution in [0.3, 0.4) is 0 Å². The molecule has 0 aromatic heterocycles. The third-order valence-corrected chi connectivity index (χ3v) is 3.68. The number of amides is 1. The van der Waals surface area contributed by atoms with Crippen LogP contribution in [0.15, 0.2) is 30.3 Å². The second-order valence-corrected chi connectivity index (χ2v) is 5.31. The van der Waals surface area contributed by atoms with Gasteiger partial charge in [-0.25, -0.2) is 0 Å². The molecule has 1 saturated heterocycles. The number of nitrogens with one attached hydrogen (secondary N) is 1. The van der Waals surface area contributed by atoms with Crippen LogP contribution in [0.5, 0.6) is 0 Å². The molecular formula is C15H22N2O. The highest BCUT2D eigenvalue weighted by Gasteiger charge is 2.33. The van der Waals surface area contributed by atoms with Crippen LogP contribution in [0.1, 0.15) is 31.7 Å². The van der Waals surface area contributed by atoms with Crippen molar-refractivity contribution in [1.29, 1.82) is 0 Å². The molecule has 1 aliphatic rings. The minimum Gasteiger partial charge on any atom is -0.329 e. The van der Waals surface area contributed by atoms with Crippen LogP contribution >= 0.6 is 0 Å². The summed E-state index contributed by atoms with van der Waals surface area (Å²) in [6.07, 6.45) is 1.21. The van der Waals surface area contributed by atoms with Gasteiger partial charge in [0.05, 0.1) is 6.17 Å². The molecule has 3 heteroatoms. The lowest BCUT2D eigenvalue weighted by atomic mass is 9.95. The molecule has 0 radical (unpaired) electrons. The van der Waals surface area contributed by atoms with Gasteiger partial charge in [-0.2, -0.15) is 0 Å². The second kappa shape index (κ2) is 5.53. The molecule has 1 aromatic carbocycles. The van der Waals surface area contributed by atoms with Crippen LogP contribution in [0.4, 0.5) is 0 Å². The molecule has 1 fully saturated rings. The summed E-state index contributed by atoms with van der Waals surface area (Å²) in [6, 6.07) is 10.5. The molecule has 2 atom stereocenters. The minimum absolute atomic E-state index is 0.0498. The monoisotopic (exact) mass is 246 g/mol. The van der Waals surface area contributed by atoms with Gasteiger partial charge in [-0.3, -0.25) is 10.1 Å². The highest BCUT2D eigenvalue weighted by Crippen LogP contribution is 2.29. The summed E-state index contributed by atoms with van der Waals surface area (Å²) in [5.74, 6) is 0.656. The molecule has 3 nitrogen and oxygen atoms in total. The average Bonchev–Trinajstić information content (AvgIpc) is 2.87. The van der Waals surface area contributed by atoms with E-state index in [0.717, 1.165) is 13.0 Å². The molecule has 0 spiro atoms. The van der Waals surface area contributed by atoms with Gasteiger partial charge >= 0.3 is 0 Å². The van der Waals surface area contributed by atoms with E-state index in [-0.39, 0.29) is 18.0 Å². The normalized spacial score (nSPS) is 23.3. The smallest absolute Gasteiger partial charge is 0.226 e. The zero-order valence-electron chi connectivity index (χ0n) is 11.4. The van der Waals surface area contributed by atoms with Crippen LogP contribution in [0, 0.1) is 5.92 Å². The van der Waals surface area contributed by atoms with Crippen LogP contribution in [-0.2, 0) is 4.79 Å². The third kappa shape index (κ3) is 2.56. The van der Waals surface area contributed by atoms with Crippen molar-refractivity contribution in [3.8, 4) is 0 Å². The predicted molar refractivity (Wildman–Crippen MR) is 73.2 cm³/mol. The summed E-state index contributed by atoms with van der Waals surface area (Å²) in [7, 11) is 1.90. The molecular weight excluding hydrogens is 224 g/mol. The number of carbonyl (C=O) groups excluding carboxylic acids is 1. The summed E-state index contributed by atoms with van der Waals surface area (Å²) in [5, 5.41) is 3.45. The van der Waals surface area contributed by atoms with Crippen molar-refractivity contribution in [2.45, 2.75) is 32.4 Å². The van der Waals surface area contributed by atoms with Crippen molar-refractivity contribution in [2.75, 3.05) is 13.6 Å². The highest BCUT2D eigenvalue weighted by molar-refractivity contribution is 5.78. The Hall–Kier alpha value is -1.35. The second-order valence-electron chi connectivity index (χ2n) is 5.31. The zero-order valence-corrected chi connectivity index (χ0v) is 11.4. The zero-order chi connectivity index (χ0) is 13.1. The molecule has 1 aromatic rings. The van der Waals surface area contributed by atoms with Gasteiger partial charge in [0.2, 0.25) is 5.91 Å². The first-order valence-corrected chi connectivity index (χ1v) is 6.66. The van der Waals surface area contributed by atoms with E-state index in [1.807, 2.05) is 31.9 Å². The number of rotatable bonds is 3. The maximum absolute atomic E-state index is 12.1. The Balaban J connectivity index is 2.15. The Bertz CT molecular complexity index is 402. The largest absolute Gasteiger partial charge is 0.329 e. The number of nitrogens with zero attached hydrogens (tertiary/aromatic N) is 1. The van der Waals surface area contributed by atoms with Gasteiger partial charge < -0.3 is 4.90 Å². The van der Waals surface area contributed by atoms with Gasteiger partial charge in [-0.15, -0.1) is 0 Å². The van der Waals surface area contributed by atoms with Gasteiger partial charge in [0.15, 0.2) is 0 Å². The SMILES string of the molecule is CC(C)C(=O)N(C)C1NCC[C@@H]1c1ccccc1. The van der Waals surface area contributed by atoms with Gasteiger partial charge in [0, 0.05) is 18.9 Å². The minimum atomic E-state index is 0.0498. The van der Waals surface area contributed by atoms with Crippen molar-refractivity contribution in [3.63, 3.8) is 0 Å². The molecule has 1 heterocycles. The van der Waals surface area contributed by atoms with Crippen molar-refractivity contribution in [3.05, 3.63) is 35.9 Å². The number of benzene rings is 1. The van der Waals surface area contributed by atoms with E-state index in [1.165, 1.54) is 5.56 Å². The Morgan fingerprint density at radius 2 is 2.00 bits per heavy atom. The fourth-order valence-electron chi connectivity index (χ4n) is 2.69. The molecule has 0 saturated carbocycles. The number of likely N-dealkylation sites (N-methyl/N-ethyl adjacent to an activating group) is 1. The summed E-state index contributed by atoms with van der Waals surface area (Å²) in [4.78, 5) is 14.0. The molecule has 98 valence electrons. The molecule has 1 amide bonds. The first-order valence-electron chi connectivity index (χ1n) is 6.66. The van der Waals surface area contributed by atoms with Crippen LogP contribution in [0.25, 0.3) is 0 Å². The molecule has 1 N–H and O–H groups in total. The van der Waals surface area contributed by atoms with E-state index in [9.17, 15) is 4.79 Å². The van der Waals surface area contributed by atoms with E-state index >= 15 is 0 Å². The maximum atomic E-state index is 12.1. The molecule has 0 aliphatic carbocycles. The topological polar surface area (TPSA) is 32.3 Å². The summed E-state index contributed by atoms with van der Waals surface area (Å²) >= 11 is 0. The van der Waals surface area contributed by atoms with Crippen molar-refractivity contribution >= 4 is 5.91 Å². The van der Waals surface area contributed by atoms with Crippen molar-refractivity contribution in [2.24, 2.45) is 5.92 Å². The first-order chi connectivity index (χ1) is 8.61. The number of hydrogen-bond acceptors (Lipinski definition) is 2. The van der Waals surface area contributed by atoms with Gasteiger partial charge in [-0.1, -0.05) is 44.2 Å². The summed E-state index contributed by atoms with van der Waals surface area (Å²) < 4.78 is 0. The highest BCUT2D eigenvalue weighted by atomic mass is 16.2. The number of carbonyl (C=O) groups is 1. The third-order valence-electron chi connectivity index (χ3n) is 3.68. The van der Waals surface area contributed by atoms with Gasteiger partial charge in [-0.05, 0) is 18.5 Å². The summed E-state index contributed by atoms with van der Waals surface area (Å²) in [6.45, 7) is 4.87. The van der Waals surface area contributed by atoms with Gasteiger partial charge in [0.1, 0.15) is 0 Å². The Morgan fingerprint density at radius 3 is 2.61 bits per heavy atom. The Morgan fingerprint density at radius 1 is 1.33 bits per heavy atom. The maximum Gasteiger partial charge on any atom is 0.226 e. The van der Waals surface area contributed by atoms with Crippen LogP contribution in [0.2, 0.25) is 0 Å². The Labute approximate surface area is 109 Å². The fraction of sp³-hybridized carbons (Fsp3) is 0.533. The molecule has 1 unspecified atom stereocenters. The van der Waals surface area contributed by atoms with Crippen molar-refractivity contribution < 1.29 is 4.79 Å². The Kier molecular flexibility index (Phi) is 4.02. The average molecular weight is 246 g/mol. The van der Waals surface area contributed by atoms with Gasteiger partial charge in [0.25, 0.3) is 0 Å². The first kappa shape index (κ1) is 13.1. The predicted octanol–water partition coefficient (Wildman–Crippen LogP) is 2.20. The standard InChI is InChI=1S/C15H22N2O/c1-11(2)15(18)17(3)14-13(9-10-16-14)12-7-5-4-6-8-12/h4-8,11,13-14,16H,9-10H2,1-3H3/t13-,14?/m1/s1. The lowest BCUT2D eigenvalue weighted by molar-refractivity contribution is -0.135. The number of hydrogen-bond donors (Lipinski definition) is 1. The van der Waals surface area contributed by atoms with Crippen LogP contribution < -0.4 is 5.32 Å². The van der Waals surface area contributed by atoms with E-state index in [4.69, 9.17) is 0 Å². The molecule has 1 aliphatic heterocycles. The van der Waals surface area contributed by atoms with E-state index < -0.39 is 0 Å². The lowest BCUT2D eigenvalue weighted by Gasteiger charge is -2.31. The van der Waals surface area contributed by atoms with E-state index in [0.29, 0.717) is 5.92 Å².